The molecule has 1 rings (SSSR count). The minimum Gasteiger partial charge on any atom is -0.461 e. The van der Waals surface area contributed by atoms with Gasteiger partial charge in [-0.3, -0.25) is 0 Å². The van der Waals surface area contributed by atoms with Crippen LogP contribution < -0.4 is 0 Å². The van der Waals surface area contributed by atoms with Crippen molar-refractivity contribution < 1.29 is 9.53 Å². The number of aromatic nitrogens is 3. The number of ether oxygens (including phenoxy) is 1. The summed E-state index contributed by atoms with van der Waals surface area (Å²) in [5, 5.41) is 7.23. The maximum atomic E-state index is 11.0. The summed E-state index contributed by atoms with van der Waals surface area (Å²) in [4.78, 5) is 14.8. The van der Waals surface area contributed by atoms with Crippen molar-refractivity contribution in [2.75, 3.05) is 6.61 Å². The third-order valence-electron chi connectivity index (χ3n) is 1.16. The van der Waals surface area contributed by atoms with Crippen molar-refractivity contribution >= 4 is 5.97 Å². The molecule has 5 nitrogen and oxygen atoms in total. The molecule has 0 atom stereocenters. The number of nitrogens with zero attached hydrogens (tertiary/aromatic N) is 3. The zero-order valence-corrected chi connectivity index (χ0v) is 6.94. The van der Waals surface area contributed by atoms with E-state index in [2.05, 4.69) is 19.9 Å². The van der Waals surface area contributed by atoms with Crippen LogP contribution in [-0.4, -0.2) is 27.8 Å². The minimum absolute atomic E-state index is 0.141. The van der Waals surface area contributed by atoms with Crippen molar-refractivity contribution in [2.45, 2.75) is 13.8 Å². The monoisotopic (exact) mass is 167 g/mol. The molecule has 0 aliphatic rings. The Morgan fingerprint density at radius 3 is 2.83 bits per heavy atom. The lowest BCUT2D eigenvalue weighted by Crippen LogP contribution is -2.09. The molecular formula is C7H9N3O2. The van der Waals surface area contributed by atoms with Crippen molar-refractivity contribution in [3.05, 3.63) is 17.7 Å². The summed E-state index contributed by atoms with van der Waals surface area (Å²) in [5.74, 6) is 0.0422. The molecule has 0 N–H and O–H groups in total. The van der Waals surface area contributed by atoms with E-state index >= 15 is 0 Å². The van der Waals surface area contributed by atoms with Crippen molar-refractivity contribution in [3.8, 4) is 0 Å². The second-order valence-corrected chi connectivity index (χ2v) is 2.11. The van der Waals surface area contributed by atoms with Gasteiger partial charge in [-0.15, -0.1) is 10.2 Å². The van der Waals surface area contributed by atoms with E-state index in [0.717, 1.165) is 0 Å². The first-order valence-electron chi connectivity index (χ1n) is 3.57. The van der Waals surface area contributed by atoms with Gasteiger partial charge in [-0.1, -0.05) is 0 Å². The van der Waals surface area contributed by atoms with Crippen molar-refractivity contribution in [3.63, 3.8) is 0 Å². The third-order valence-corrected chi connectivity index (χ3v) is 1.16. The number of aryl methyl sites for hydroxylation is 1. The molecule has 0 spiro atoms. The summed E-state index contributed by atoms with van der Waals surface area (Å²) in [6.07, 6.45) is 1.35. The number of hydrogen-bond acceptors (Lipinski definition) is 5. The molecule has 0 radical (unpaired) electrons. The summed E-state index contributed by atoms with van der Waals surface area (Å²) in [7, 11) is 0. The molecule has 0 bridgehead atoms. The quantitative estimate of drug-likeness (QED) is 0.595. The molecule has 0 amide bonds. The Morgan fingerprint density at radius 1 is 1.58 bits per heavy atom. The van der Waals surface area contributed by atoms with Crippen LogP contribution in [0.3, 0.4) is 0 Å². The SMILES string of the molecule is CCOC(=O)c1cnc(C)nn1. The molecule has 64 valence electrons. The standard InChI is InChI=1S/C7H9N3O2/c1-3-12-7(11)6-4-8-5(2)9-10-6/h4H,3H2,1-2H3. The van der Waals surface area contributed by atoms with Crippen LogP contribution in [0.25, 0.3) is 0 Å². The van der Waals surface area contributed by atoms with Gasteiger partial charge in [-0.05, 0) is 13.8 Å². The van der Waals surface area contributed by atoms with E-state index in [1.807, 2.05) is 0 Å². The smallest absolute Gasteiger partial charge is 0.360 e. The van der Waals surface area contributed by atoms with E-state index in [-0.39, 0.29) is 5.69 Å². The van der Waals surface area contributed by atoms with E-state index in [1.165, 1.54) is 6.20 Å². The lowest BCUT2D eigenvalue weighted by atomic mass is 10.5. The first-order chi connectivity index (χ1) is 5.74. The van der Waals surface area contributed by atoms with Crippen LogP contribution in [0.2, 0.25) is 0 Å². The molecule has 0 saturated heterocycles. The van der Waals surface area contributed by atoms with Gasteiger partial charge < -0.3 is 4.74 Å². The predicted molar refractivity (Wildman–Crippen MR) is 40.5 cm³/mol. The fourth-order valence-corrected chi connectivity index (χ4v) is 0.631. The lowest BCUT2D eigenvalue weighted by Gasteiger charge is -1.98. The van der Waals surface area contributed by atoms with Gasteiger partial charge in [0, 0.05) is 0 Å². The zero-order chi connectivity index (χ0) is 8.97. The Kier molecular flexibility index (Phi) is 2.68. The number of carbonyl (C=O) groups is 1. The maximum Gasteiger partial charge on any atom is 0.360 e. The Labute approximate surface area is 69.8 Å². The Hall–Kier alpha value is -1.52. The molecule has 5 heteroatoms. The van der Waals surface area contributed by atoms with Gasteiger partial charge >= 0.3 is 5.97 Å². The van der Waals surface area contributed by atoms with Crippen molar-refractivity contribution in [1.29, 1.82) is 0 Å². The normalized spacial score (nSPS) is 9.50. The van der Waals surface area contributed by atoms with E-state index in [1.54, 1.807) is 13.8 Å². The van der Waals surface area contributed by atoms with E-state index in [0.29, 0.717) is 12.4 Å². The molecule has 1 aromatic heterocycles. The van der Waals surface area contributed by atoms with Gasteiger partial charge in [0.15, 0.2) is 5.69 Å². The summed E-state index contributed by atoms with van der Waals surface area (Å²) in [5.41, 5.74) is 0.141. The second-order valence-electron chi connectivity index (χ2n) is 2.11. The highest BCUT2D eigenvalue weighted by atomic mass is 16.5. The average molecular weight is 167 g/mol. The van der Waals surface area contributed by atoms with Crippen LogP contribution in [0, 0.1) is 6.92 Å². The Bertz CT molecular complexity index is 270. The maximum absolute atomic E-state index is 11.0. The zero-order valence-electron chi connectivity index (χ0n) is 6.94. The highest BCUT2D eigenvalue weighted by molar-refractivity contribution is 5.86. The molecule has 0 aromatic carbocycles. The van der Waals surface area contributed by atoms with Crippen LogP contribution in [-0.2, 0) is 4.74 Å². The minimum atomic E-state index is -0.488. The number of carbonyl (C=O) groups excluding carboxylic acids is 1. The highest BCUT2D eigenvalue weighted by Crippen LogP contribution is 1.93. The molecule has 1 heterocycles. The first-order valence-corrected chi connectivity index (χ1v) is 3.57. The van der Waals surface area contributed by atoms with Crippen LogP contribution >= 0.6 is 0 Å². The molecular weight excluding hydrogens is 158 g/mol. The first kappa shape index (κ1) is 8.58. The number of rotatable bonds is 2. The van der Waals surface area contributed by atoms with Crippen LogP contribution in [0.15, 0.2) is 6.20 Å². The van der Waals surface area contributed by atoms with Crippen LogP contribution in [0.4, 0.5) is 0 Å². The average Bonchev–Trinajstić information content (AvgIpc) is 2.06. The molecule has 0 aliphatic carbocycles. The Balaban J connectivity index is 2.75. The van der Waals surface area contributed by atoms with Gasteiger partial charge in [-0.2, -0.15) is 0 Å². The fourth-order valence-electron chi connectivity index (χ4n) is 0.631. The number of esters is 1. The van der Waals surface area contributed by atoms with Crippen molar-refractivity contribution in [2.24, 2.45) is 0 Å². The number of hydrogen-bond donors (Lipinski definition) is 0. The van der Waals surface area contributed by atoms with Crippen LogP contribution in [0.1, 0.15) is 23.2 Å². The second kappa shape index (κ2) is 3.75. The van der Waals surface area contributed by atoms with Crippen LogP contribution in [0.5, 0.6) is 0 Å². The van der Waals surface area contributed by atoms with Gasteiger partial charge in [-0.25, -0.2) is 9.78 Å². The van der Waals surface area contributed by atoms with Gasteiger partial charge in [0.2, 0.25) is 0 Å². The molecule has 12 heavy (non-hydrogen) atoms. The summed E-state index contributed by atoms with van der Waals surface area (Å²) in [6.45, 7) is 3.75. The third kappa shape index (κ3) is 1.98. The summed E-state index contributed by atoms with van der Waals surface area (Å²) >= 11 is 0. The van der Waals surface area contributed by atoms with Crippen molar-refractivity contribution in [1.82, 2.24) is 15.2 Å². The summed E-state index contributed by atoms with van der Waals surface area (Å²) in [6, 6.07) is 0. The van der Waals surface area contributed by atoms with Gasteiger partial charge in [0.25, 0.3) is 0 Å². The topological polar surface area (TPSA) is 65.0 Å². The largest absolute Gasteiger partial charge is 0.461 e. The van der Waals surface area contributed by atoms with E-state index in [4.69, 9.17) is 0 Å². The van der Waals surface area contributed by atoms with E-state index < -0.39 is 5.97 Å². The fraction of sp³-hybridized carbons (Fsp3) is 0.429. The molecule has 1 aromatic rings. The van der Waals surface area contributed by atoms with Gasteiger partial charge in [0.1, 0.15) is 5.82 Å². The predicted octanol–water partition coefficient (Wildman–Crippen LogP) is 0.357. The molecule has 0 aliphatic heterocycles. The Morgan fingerprint density at radius 2 is 2.33 bits per heavy atom. The summed E-state index contributed by atoms with van der Waals surface area (Å²) < 4.78 is 4.69. The van der Waals surface area contributed by atoms with E-state index in [9.17, 15) is 4.79 Å². The van der Waals surface area contributed by atoms with Gasteiger partial charge in [0.05, 0.1) is 12.8 Å². The highest BCUT2D eigenvalue weighted by Gasteiger charge is 2.07. The molecule has 0 saturated carbocycles. The molecule has 0 fully saturated rings. The lowest BCUT2D eigenvalue weighted by molar-refractivity contribution is 0.0517. The molecule has 0 unspecified atom stereocenters.